The number of hydrogen-bond acceptors (Lipinski definition) is 4. The Balaban J connectivity index is 1.97. The molecule has 0 aliphatic heterocycles. The highest BCUT2D eigenvalue weighted by molar-refractivity contribution is 7.80. The smallest absolute Gasteiger partial charge is 0.289 e. The van der Waals surface area contributed by atoms with Crippen molar-refractivity contribution >= 4 is 46.3 Å². The summed E-state index contributed by atoms with van der Waals surface area (Å²) in [5, 5.41) is 7.39. The number of ketones is 1. The first-order chi connectivity index (χ1) is 11.3. The van der Waals surface area contributed by atoms with Crippen LogP contribution >= 0.6 is 23.8 Å². The maximum atomic E-state index is 12.1. The molecule has 0 bridgehead atoms. The maximum absolute atomic E-state index is 12.1. The standard InChI is InChI=1S/C15H16ClN5O2S/c1-8-12(16)13(21(3)20-8)14(23)18-19-15(24)17-11-6-4-5-10(7-11)9(2)22/h4-7H,1-3H3,(H,18,23)(H2,17,19,24). The Bertz CT molecular complexity index is 818. The molecule has 1 aromatic carbocycles. The van der Waals surface area contributed by atoms with Gasteiger partial charge in [-0.2, -0.15) is 5.10 Å². The normalized spacial score (nSPS) is 10.2. The number of carbonyl (C=O) groups excluding carboxylic acids is 2. The molecule has 1 aromatic heterocycles. The Labute approximate surface area is 149 Å². The van der Waals surface area contributed by atoms with E-state index in [0.717, 1.165) is 0 Å². The molecule has 3 N–H and O–H groups in total. The molecule has 0 atom stereocenters. The van der Waals surface area contributed by atoms with E-state index < -0.39 is 5.91 Å². The molecular formula is C15H16ClN5O2S. The van der Waals surface area contributed by atoms with Crippen molar-refractivity contribution in [3.05, 3.63) is 46.2 Å². The summed E-state index contributed by atoms with van der Waals surface area (Å²) in [6.45, 7) is 3.19. The minimum Gasteiger partial charge on any atom is -0.331 e. The number of halogens is 1. The van der Waals surface area contributed by atoms with Crippen LogP contribution in [0.5, 0.6) is 0 Å². The Morgan fingerprint density at radius 3 is 2.58 bits per heavy atom. The van der Waals surface area contributed by atoms with Crippen LogP contribution in [0.1, 0.15) is 33.5 Å². The van der Waals surface area contributed by atoms with E-state index in [0.29, 0.717) is 16.9 Å². The number of rotatable bonds is 3. The van der Waals surface area contributed by atoms with E-state index in [4.69, 9.17) is 23.8 Å². The highest BCUT2D eigenvalue weighted by Crippen LogP contribution is 2.18. The lowest BCUT2D eigenvalue weighted by molar-refractivity contribution is 0.0934. The number of aromatic nitrogens is 2. The number of carbonyl (C=O) groups is 2. The number of thiocarbonyl (C=S) groups is 1. The quantitative estimate of drug-likeness (QED) is 0.439. The second kappa shape index (κ2) is 7.41. The van der Waals surface area contributed by atoms with Crippen molar-refractivity contribution in [1.82, 2.24) is 20.6 Å². The predicted molar refractivity (Wildman–Crippen MR) is 96.2 cm³/mol. The van der Waals surface area contributed by atoms with Gasteiger partial charge < -0.3 is 5.32 Å². The van der Waals surface area contributed by atoms with Gasteiger partial charge in [0.2, 0.25) is 0 Å². The van der Waals surface area contributed by atoms with E-state index in [1.165, 1.54) is 11.6 Å². The highest BCUT2D eigenvalue weighted by Gasteiger charge is 2.18. The van der Waals surface area contributed by atoms with E-state index in [9.17, 15) is 9.59 Å². The molecule has 2 aromatic rings. The second-order valence-corrected chi connectivity index (χ2v) is 5.83. The van der Waals surface area contributed by atoms with Crippen molar-refractivity contribution in [3.63, 3.8) is 0 Å². The fourth-order valence-electron chi connectivity index (χ4n) is 2.03. The molecule has 0 saturated heterocycles. The molecule has 1 heterocycles. The molecule has 7 nitrogen and oxygen atoms in total. The monoisotopic (exact) mass is 365 g/mol. The van der Waals surface area contributed by atoms with Gasteiger partial charge in [0, 0.05) is 18.3 Å². The topological polar surface area (TPSA) is 88.1 Å². The Morgan fingerprint density at radius 1 is 1.29 bits per heavy atom. The van der Waals surface area contributed by atoms with E-state index >= 15 is 0 Å². The minimum absolute atomic E-state index is 0.0490. The number of amides is 1. The number of hydrazine groups is 1. The molecule has 0 fully saturated rings. The van der Waals surface area contributed by atoms with Gasteiger partial charge in [0.25, 0.3) is 5.91 Å². The summed E-state index contributed by atoms with van der Waals surface area (Å²) in [6.07, 6.45) is 0. The van der Waals surface area contributed by atoms with Crippen LogP contribution in [0.15, 0.2) is 24.3 Å². The number of nitrogens with one attached hydrogen (secondary N) is 3. The number of benzene rings is 1. The number of aryl methyl sites for hydroxylation is 2. The molecule has 0 radical (unpaired) electrons. The van der Waals surface area contributed by atoms with Gasteiger partial charge in [0.1, 0.15) is 5.69 Å². The maximum Gasteiger partial charge on any atom is 0.289 e. The van der Waals surface area contributed by atoms with E-state index in [2.05, 4.69) is 21.3 Å². The lowest BCUT2D eigenvalue weighted by atomic mass is 10.1. The molecular weight excluding hydrogens is 350 g/mol. The number of Topliss-reactive ketones (excluding diaryl/α,β-unsaturated/α-hetero) is 1. The van der Waals surface area contributed by atoms with Crippen LogP contribution in [-0.2, 0) is 7.05 Å². The molecule has 24 heavy (non-hydrogen) atoms. The second-order valence-electron chi connectivity index (χ2n) is 5.04. The lowest BCUT2D eigenvalue weighted by Gasteiger charge is -2.12. The van der Waals surface area contributed by atoms with Crippen molar-refractivity contribution < 1.29 is 9.59 Å². The van der Waals surface area contributed by atoms with Crippen LogP contribution < -0.4 is 16.2 Å². The third kappa shape index (κ3) is 4.09. The third-order valence-electron chi connectivity index (χ3n) is 3.18. The molecule has 9 heteroatoms. The molecule has 0 unspecified atom stereocenters. The van der Waals surface area contributed by atoms with Crippen molar-refractivity contribution in [3.8, 4) is 0 Å². The SMILES string of the molecule is CC(=O)c1cccc(NC(=S)NNC(=O)c2c(Cl)c(C)nn2C)c1. The zero-order chi connectivity index (χ0) is 17.9. The van der Waals surface area contributed by atoms with Gasteiger partial charge in [-0.3, -0.25) is 25.1 Å². The number of hydrogen-bond donors (Lipinski definition) is 3. The molecule has 0 aliphatic rings. The molecule has 126 valence electrons. The van der Waals surface area contributed by atoms with Gasteiger partial charge in [-0.25, -0.2) is 0 Å². The number of nitrogens with zero attached hydrogens (tertiary/aromatic N) is 2. The van der Waals surface area contributed by atoms with Crippen molar-refractivity contribution in [2.24, 2.45) is 7.05 Å². The van der Waals surface area contributed by atoms with Crippen LogP contribution in [0.3, 0.4) is 0 Å². The predicted octanol–water partition coefficient (Wildman–Crippen LogP) is 2.22. The fraction of sp³-hybridized carbons (Fsp3) is 0.200. The van der Waals surface area contributed by atoms with Gasteiger partial charge in [-0.1, -0.05) is 23.7 Å². The van der Waals surface area contributed by atoms with Crippen molar-refractivity contribution in [2.75, 3.05) is 5.32 Å². The molecule has 0 spiro atoms. The van der Waals surface area contributed by atoms with E-state index in [1.54, 1.807) is 38.2 Å². The van der Waals surface area contributed by atoms with Crippen molar-refractivity contribution in [2.45, 2.75) is 13.8 Å². The lowest BCUT2D eigenvalue weighted by Crippen LogP contribution is -2.44. The zero-order valence-electron chi connectivity index (χ0n) is 13.3. The molecule has 0 aliphatic carbocycles. The summed E-state index contributed by atoms with van der Waals surface area (Å²) in [4.78, 5) is 23.5. The van der Waals surface area contributed by atoms with Gasteiger partial charge in [-0.05, 0) is 38.2 Å². The van der Waals surface area contributed by atoms with Crippen LogP contribution in [0.4, 0.5) is 5.69 Å². The third-order valence-corrected chi connectivity index (χ3v) is 3.84. The largest absolute Gasteiger partial charge is 0.331 e. The summed E-state index contributed by atoms with van der Waals surface area (Å²) < 4.78 is 1.39. The fourth-order valence-corrected chi connectivity index (χ4v) is 2.44. The van der Waals surface area contributed by atoms with E-state index in [1.807, 2.05) is 0 Å². The Morgan fingerprint density at radius 2 is 2.00 bits per heavy atom. The number of anilines is 1. The summed E-state index contributed by atoms with van der Waals surface area (Å²) in [5.41, 5.74) is 7.00. The van der Waals surface area contributed by atoms with Gasteiger partial charge in [0.15, 0.2) is 10.9 Å². The Kier molecular flexibility index (Phi) is 5.53. The molecule has 1 amide bonds. The summed E-state index contributed by atoms with van der Waals surface area (Å²) >= 11 is 11.2. The summed E-state index contributed by atoms with van der Waals surface area (Å²) in [7, 11) is 1.62. The first-order valence-electron chi connectivity index (χ1n) is 6.97. The van der Waals surface area contributed by atoms with E-state index in [-0.39, 0.29) is 21.6 Å². The van der Waals surface area contributed by atoms with Crippen LogP contribution in [0.2, 0.25) is 5.02 Å². The zero-order valence-corrected chi connectivity index (χ0v) is 14.9. The van der Waals surface area contributed by atoms with Gasteiger partial charge in [0.05, 0.1) is 10.7 Å². The average molecular weight is 366 g/mol. The highest BCUT2D eigenvalue weighted by atomic mass is 35.5. The first-order valence-corrected chi connectivity index (χ1v) is 7.75. The summed E-state index contributed by atoms with van der Waals surface area (Å²) in [5.74, 6) is -0.517. The average Bonchev–Trinajstić information content (AvgIpc) is 2.78. The summed E-state index contributed by atoms with van der Waals surface area (Å²) in [6, 6.07) is 6.86. The van der Waals surface area contributed by atoms with Crippen LogP contribution in [0.25, 0.3) is 0 Å². The first kappa shape index (κ1) is 17.9. The van der Waals surface area contributed by atoms with Crippen LogP contribution in [-0.4, -0.2) is 26.6 Å². The van der Waals surface area contributed by atoms with Gasteiger partial charge in [-0.15, -0.1) is 0 Å². The minimum atomic E-state index is -0.468. The van der Waals surface area contributed by atoms with Gasteiger partial charge >= 0.3 is 0 Å². The Hall–Kier alpha value is -2.45. The van der Waals surface area contributed by atoms with Crippen molar-refractivity contribution in [1.29, 1.82) is 0 Å². The van der Waals surface area contributed by atoms with Crippen LogP contribution in [0, 0.1) is 6.92 Å². The molecule has 0 saturated carbocycles. The molecule has 2 rings (SSSR count).